The molecule has 7 heteroatoms. The van der Waals surface area contributed by atoms with E-state index in [0.29, 0.717) is 12.3 Å². The first-order valence-electron chi connectivity index (χ1n) is 5.74. The number of carbonyl (C=O) groups is 2. The molecule has 6 nitrogen and oxygen atoms in total. The molecule has 1 aliphatic heterocycles. The Hall–Kier alpha value is -0.950. The molecule has 1 rings (SSSR count). The van der Waals surface area contributed by atoms with E-state index in [1.165, 1.54) is 7.11 Å². The zero-order valence-corrected chi connectivity index (χ0v) is 11.9. The van der Waals surface area contributed by atoms with Gasteiger partial charge in [-0.2, -0.15) is 0 Å². The van der Waals surface area contributed by atoms with Gasteiger partial charge in [0.05, 0.1) is 12.5 Å². The molecule has 0 radical (unpaired) electrons. The van der Waals surface area contributed by atoms with E-state index in [1.54, 1.807) is 11.8 Å². The van der Waals surface area contributed by atoms with E-state index in [-0.39, 0.29) is 17.4 Å². The van der Waals surface area contributed by atoms with Gasteiger partial charge in [-0.25, -0.2) is 4.79 Å². The predicted molar refractivity (Wildman–Crippen MR) is 69.4 cm³/mol. The largest absolute Gasteiger partial charge is 0.468 e. The summed E-state index contributed by atoms with van der Waals surface area (Å²) in [7, 11) is 1.36. The summed E-state index contributed by atoms with van der Waals surface area (Å²) in [5, 5.41) is 5.74. The zero-order valence-electron chi connectivity index (χ0n) is 11.1. The van der Waals surface area contributed by atoms with E-state index in [4.69, 9.17) is 4.74 Å². The fourth-order valence-electron chi connectivity index (χ4n) is 1.42. The van der Waals surface area contributed by atoms with Crippen LogP contribution in [0.25, 0.3) is 0 Å². The molecule has 1 aliphatic rings. The first kappa shape index (κ1) is 15.1. The van der Waals surface area contributed by atoms with Crippen molar-refractivity contribution >= 4 is 23.8 Å². The highest BCUT2D eigenvalue weighted by molar-refractivity contribution is 8.00. The smallest absolute Gasteiger partial charge is 0.407 e. The molecule has 0 bridgehead atoms. The van der Waals surface area contributed by atoms with Crippen molar-refractivity contribution in [2.45, 2.75) is 37.8 Å². The van der Waals surface area contributed by atoms with E-state index >= 15 is 0 Å². The molecular formula is C11H20N2O4S. The van der Waals surface area contributed by atoms with Gasteiger partial charge in [0.1, 0.15) is 11.6 Å². The van der Waals surface area contributed by atoms with Gasteiger partial charge in [-0.15, -0.1) is 11.8 Å². The van der Waals surface area contributed by atoms with Crippen LogP contribution in [-0.2, 0) is 14.3 Å². The van der Waals surface area contributed by atoms with Gasteiger partial charge in [-0.05, 0) is 20.8 Å². The molecule has 0 unspecified atom stereocenters. The van der Waals surface area contributed by atoms with Gasteiger partial charge in [0.25, 0.3) is 0 Å². The van der Waals surface area contributed by atoms with Crippen molar-refractivity contribution in [2.75, 3.05) is 19.4 Å². The van der Waals surface area contributed by atoms with Crippen molar-refractivity contribution < 1.29 is 19.1 Å². The van der Waals surface area contributed by atoms with E-state index in [1.807, 2.05) is 20.8 Å². The third-order valence-corrected chi connectivity index (χ3v) is 3.40. The van der Waals surface area contributed by atoms with Crippen LogP contribution in [0.1, 0.15) is 20.8 Å². The summed E-state index contributed by atoms with van der Waals surface area (Å²) >= 11 is 1.57. The molecule has 1 saturated heterocycles. The molecule has 18 heavy (non-hydrogen) atoms. The fourth-order valence-corrected chi connectivity index (χ4v) is 2.54. The van der Waals surface area contributed by atoms with Crippen molar-refractivity contribution in [2.24, 2.45) is 0 Å². The van der Waals surface area contributed by atoms with Gasteiger partial charge < -0.3 is 14.8 Å². The van der Waals surface area contributed by atoms with Gasteiger partial charge in [0.2, 0.25) is 0 Å². The highest BCUT2D eigenvalue weighted by Gasteiger charge is 2.30. The molecule has 1 fully saturated rings. The average molecular weight is 276 g/mol. The number of nitrogens with one attached hydrogen (secondary N) is 2. The molecule has 1 heterocycles. The Morgan fingerprint density at radius 3 is 2.67 bits per heavy atom. The highest BCUT2D eigenvalue weighted by atomic mass is 32.2. The number of thioether (sulfide) groups is 1. The van der Waals surface area contributed by atoms with Crippen LogP contribution in [0.15, 0.2) is 0 Å². The third kappa shape index (κ3) is 5.14. The summed E-state index contributed by atoms with van der Waals surface area (Å²) in [5.41, 5.74) is -0.505. The van der Waals surface area contributed by atoms with Crippen LogP contribution in [0.2, 0.25) is 0 Å². The Morgan fingerprint density at radius 2 is 2.11 bits per heavy atom. The number of amides is 1. The Balaban J connectivity index is 2.26. The summed E-state index contributed by atoms with van der Waals surface area (Å²) in [6, 6.07) is -0.301. The van der Waals surface area contributed by atoms with E-state index in [2.05, 4.69) is 15.4 Å². The number of hydrogen-bond donors (Lipinski definition) is 2. The molecule has 2 atom stereocenters. The van der Waals surface area contributed by atoms with E-state index in [9.17, 15) is 9.59 Å². The maximum absolute atomic E-state index is 11.4. The molecule has 0 aromatic rings. The second-order valence-corrected chi connectivity index (χ2v) is 6.18. The van der Waals surface area contributed by atoms with Gasteiger partial charge in [0, 0.05) is 12.3 Å². The van der Waals surface area contributed by atoms with Crippen molar-refractivity contribution in [1.29, 1.82) is 0 Å². The molecular weight excluding hydrogens is 256 g/mol. The van der Waals surface area contributed by atoms with Crippen molar-refractivity contribution in [3.8, 4) is 0 Å². The fraction of sp³-hybridized carbons (Fsp3) is 0.818. The van der Waals surface area contributed by atoms with Crippen LogP contribution in [0.3, 0.4) is 0 Å². The minimum Gasteiger partial charge on any atom is -0.468 e. The third-order valence-electron chi connectivity index (χ3n) is 2.17. The Kier molecular flexibility index (Phi) is 5.28. The lowest BCUT2D eigenvalue weighted by Crippen LogP contribution is -2.43. The number of ether oxygens (including phenoxy) is 2. The van der Waals surface area contributed by atoms with Gasteiger partial charge in [0.15, 0.2) is 0 Å². The number of carbonyl (C=O) groups excluding carboxylic acids is 2. The Morgan fingerprint density at radius 1 is 1.44 bits per heavy atom. The van der Waals surface area contributed by atoms with Gasteiger partial charge >= 0.3 is 12.1 Å². The van der Waals surface area contributed by atoms with E-state index in [0.717, 1.165) is 0 Å². The topological polar surface area (TPSA) is 76.7 Å². The van der Waals surface area contributed by atoms with Gasteiger partial charge in [-0.3, -0.25) is 10.1 Å². The lowest BCUT2D eigenvalue weighted by atomic mass is 10.2. The Labute approximate surface area is 111 Å². The number of alkyl carbamates (subject to hydrolysis) is 1. The molecule has 1 amide bonds. The maximum Gasteiger partial charge on any atom is 0.407 e. The van der Waals surface area contributed by atoms with Crippen LogP contribution in [0.4, 0.5) is 4.79 Å². The maximum atomic E-state index is 11.4. The summed E-state index contributed by atoms with van der Waals surface area (Å²) in [6.07, 6.45) is -0.452. The van der Waals surface area contributed by atoms with E-state index < -0.39 is 11.7 Å². The first-order chi connectivity index (χ1) is 8.31. The molecule has 0 aromatic carbocycles. The Bertz CT molecular complexity index is 317. The lowest BCUT2D eigenvalue weighted by Gasteiger charge is -2.20. The highest BCUT2D eigenvalue weighted by Crippen LogP contribution is 2.18. The van der Waals surface area contributed by atoms with Crippen molar-refractivity contribution in [1.82, 2.24) is 10.6 Å². The quantitative estimate of drug-likeness (QED) is 0.740. The second-order valence-electron chi connectivity index (χ2n) is 4.95. The SMILES string of the molecule is COC(=O)[C@H]1CS[C@@H](CNC(=O)OC(C)(C)C)N1. The predicted octanol–water partition coefficient (Wildman–Crippen LogP) is 0.715. The van der Waals surface area contributed by atoms with Crippen molar-refractivity contribution in [3.63, 3.8) is 0 Å². The van der Waals surface area contributed by atoms with Crippen molar-refractivity contribution in [3.05, 3.63) is 0 Å². The summed E-state index contributed by atoms with van der Waals surface area (Å²) in [4.78, 5) is 22.7. The minimum atomic E-state index is -0.505. The molecule has 104 valence electrons. The normalized spacial score (nSPS) is 23.6. The summed E-state index contributed by atoms with van der Waals surface area (Å²) in [5.74, 6) is 0.370. The minimum absolute atomic E-state index is 0.00150. The molecule has 0 aliphatic carbocycles. The monoisotopic (exact) mass is 276 g/mol. The zero-order chi connectivity index (χ0) is 13.8. The van der Waals surface area contributed by atoms with Crippen LogP contribution < -0.4 is 10.6 Å². The lowest BCUT2D eigenvalue weighted by molar-refractivity contribution is -0.142. The molecule has 0 aromatic heterocycles. The standard InChI is InChI=1S/C11H20N2O4S/c1-11(2,3)17-10(15)12-5-8-13-7(6-18-8)9(14)16-4/h7-8,13H,5-6H2,1-4H3,(H,12,15)/t7-,8+/m1/s1. The van der Waals surface area contributed by atoms with Gasteiger partial charge in [-0.1, -0.05) is 0 Å². The van der Waals surface area contributed by atoms with Crippen LogP contribution >= 0.6 is 11.8 Å². The molecule has 0 saturated carbocycles. The number of esters is 1. The van der Waals surface area contributed by atoms with Crippen LogP contribution in [0, 0.1) is 0 Å². The summed E-state index contributed by atoms with van der Waals surface area (Å²) < 4.78 is 9.76. The number of hydrogen-bond acceptors (Lipinski definition) is 6. The number of methoxy groups -OCH3 is 1. The molecule has 0 spiro atoms. The van der Waals surface area contributed by atoms with Crippen LogP contribution in [0.5, 0.6) is 0 Å². The number of rotatable bonds is 3. The second kappa shape index (κ2) is 6.29. The average Bonchev–Trinajstić information content (AvgIpc) is 2.71. The first-order valence-corrected chi connectivity index (χ1v) is 6.79. The van der Waals surface area contributed by atoms with Crippen LogP contribution in [-0.4, -0.2) is 48.5 Å². The molecule has 2 N–H and O–H groups in total. The summed E-state index contributed by atoms with van der Waals surface area (Å²) in [6.45, 7) is 5.83.